The molecule has 0 aliphatic heterocycles. The predicted molar refractivity (Wildman–Crippen MR) is 197 cm³/mol. The summed E-state index contributed by atoms with van der Waals surface area (Å²) >= 11 is 18.5. The Hall–Kier alpha value is -4.24. The molecule has 5 rings (SSSR count). The standard InChI is InChI=1S/C39H40Cl3N3O5/c1-6-27-22(3)34(37(47)49-20-25-14-10-8-11-15-25)44-30(27)18-29-24(5)33(36(46)39(40,41)42)32(43-29)19-31-28(7-2)23(4)35(45-31)38(48)50-21-26-16-12-9-13-17-26/h8-17,43-45H,6-7,18-21H2,1-5H3. The van der Waals surface area contributed by atoms with Crippen LogP contribution >= 0.6 is 34.8 Å². The van der Waals surface area contributed by atoms with Crippen LogP contribution in [0.1, 0.15) is 107 Å². The van der Waals surface area contributed by atoms with Gasteiger partial charge in [0.2, 0.25) is 5.78 Å². The Labute approximate surface area is 306 Å². The Balaban J connectivity index is 1.46. The molecule has 0 radical (unpaired) electrons. The molecule has 5 aromatic rings. The van der Waals surface area contributed by atoms with Crippen LogP contribution in [0.15, 0.2) is 60.7 Å². The molecule has 0 fully saturated rings. The minimum absolute atomic E-state index is 0.139. The number of ketones is 1. The van der Waals surface area contributed by atoms with E-state index in [1.807, 2.05) is 95.3 Å². The number of alkyl halides is 3. The van der Waals surface area contributed by atoms with Gasteiger partial charge in [-0.1, -0.05) is 109 Å². The van der Waals surface area contributed by atoms with E-state index in [0.29, 0.717) is 41.9 Å². The van der Waals surface area contributed by atoms with Crippen LogP contribution in [0.5, 0.6) is 0 Å². The molecule has 0 spiro atoms. The number of Topliss-reactive ketones (excluding diaryl/α,β-unsaturated/α-hetero) is 1. The highest BCUT2D eigenvalue weighted by Crippen LogP contribution is 2.36. The first-order valence-corrected chi connectivity index (χ1v) is 17.6. The van der Waals surface area contributed by atoms with Crippen LogP contribution in [-0.2, 0) is 48.4 Å². The quantitative estimate of drug-likeness (QED) is 0.0633. The third-order valence-electron chi connectivity index (χ3n) is 9.10. The van der Waals surface area contributed by atoms with E-state index in [4.69, 9.17) is 44.3 Å². The van der Waals surface area contributed by atoms with E-state index in [2.05, 4.69) is 15.0 Å². The molecule has 8 nitrogen and oxygen atoms in total. The molecule has 50 heavy (non-hydrogen) atoms. The summed E-state index contributed by atoms with van der Waals surface area (Å²) in [5, 5.41) is 0. The fraction of sp³-hybridized carbons (Fsp3) is 0.308. The van der Waals surface area contributed by atoms with Gasteiger partial charge in [-0.3, -0.25) is 4.79 Å². The maximum atomic E-state index is 13.6. The van der Waals surface area contributed by atoms with Crippen molar-refractivity contribution in [1.29, 1.82) is 0 Å². The molecule has 0 amide bonds. The first kappa shape index (κ1) is 37.0. The minimum atomic E-state index is -2.20. The number of aromatic amines is 3. The number of nitrogens with one attached hydrogen (secondary N) is 3. The van der Waals surface area contributed by atoms with Gasteiger partial charge in [-0.15, -0.1) is 0 Å². The molecule has 0 aliphatic carbocycles. The van der Waals surface area contributed by atoms with Crippen molar-refractivity contribution >= 4 is 52.5 Å². The second kappa shape index (κ2) is 15.8. The number of hydrogen-bond acceptors (Lipinski definition) is 5. The summed E-state index contributed by atoms with van der Waals surface area (Å²) in [4.78, 5) is 50.0. The minimum Gasteiger partial charge on any atom is -0.456 e. The van der Waals surface area contributed by atoms with Gasteiger partial charge in [-0.05, 0) is 72.6 Å². The number of carbonyl (C=O) groups excluding carboxylic acids is 3. The Morgan fingerprint density at radius 2 is 1.02 bits per heavy atom. The number of halogens is 3. The highest BCUT2D eigenvalue weighted by Gasteiger charge is 2.36. The number of H-pyrrole nitrogens is 3. The summed E-state index contributed by atoms with van der Waals surface area (Å²) in [6.07, 6.45) is 1.89. The van der Waals surface area contributed by atoms with Crippen molar-refractivity contribution in [2.45, 2.75) is 77.3 Å². The average Bonchev–Trinajstić information content (AvgIpc) is 3.71. The van der Waals surface area contributed by atoms with Crippen LogP contribution in [-0.4, -0.2) is 36.5 Å². The van der Waals surface area contributed by atoms with Crippen LogP contribution in [0.2, 0.25) is 0 Å². The monoisotopic (exact) mass is 735 g/mol. The number of ether oxygens (including phenoxy) is 2. The van der Waals surface area contributed by atoms with Gasteiger partial charge in [0.25, 0.3) is 3.79 Å². The molecule has 262 valence electrons. The van der Waals surface area contributed by atoms with Crippen molar-refractivity contribution in [2.24, 2.45) is 0 Å². The summed E-state index contributed by atoms with van der Waals surface area (Å²) in [6, 6.07) is 19.0. The normalized spacial score (nSPS) is 11.5. The number of hydrogen-bond donors (Lipinski definition) is 3. The van der Waals surface area contributed by atoms with Gasteiger partial charge in [0.1, 0.15) is 24.6 Å². The first-order chi connectivity index (χ1) is 23.8. The Morgan fingerprint density at radius 1 is 0.600 bits per heavy atom. The third-order valence-corrected chi connectivity index (χ3v) is 9.61. The third kappa shape index (κ3) is 8.04. The van der Waals surface area contributed by atoms with Crippen molar-refractivity contribution in [1.82, 2.24) is 15.0 Å². The van der Waals surface area contributed by atoms with Crippen LogP contribution < -0.4 is 0 Å². The summed E-state index contributed by atoms with van der Waals surface area (Å²) in [7, 11) is 0. The lowest BCUT2D eigenvalue weighted by Gasteiger charge is -2.12. The lowest BCUT2D eigenvalue weighted by Crippen LogP contribution is -2.21. The molecule has 0 unspecified atom stereocenters. The molecule has 3 aromatic heterocycles. The molecular weight excluding hydrogens is 697 g/mol. The van der Waals surface area contributed by atoms with Gasteiger partial charge >= 0.3 is 11.9 Å². The molecule has 3 heterocycles. The molecule has 11 heteroatoms. The first-order valence-electron chi connectivity index (χ1n) is 16.5. The Morgan fingerprint density at radius 3 is 1.42 bits per heavy atom. The smallest absolute Gasteiger partial charge is 0.355 e. The second-order valence-corrected chi connectivity index (χ2v) is 14.5. The van der Waals surface area contributed by atoms with Gasteiger partial charge in [-0.2, -0.15) is 0 Å². The number of esters is 2. The molecular formula is C39H40Cl3N3O5. The fourth-order valence-electron chi connectivity index (χ4n) is 6.48. The van der Waals surface area contributed by atoms with Crippen LogP contribution in [0.3, 0.4) is 0 Å². The van der Waals surface area contributed by atoms with E-state index in [1.165, 1.54) is 0 Å². The van der Waals surface area contributed by atoms with Gasteiger partial charge in [0.05, 0.1) is 0 Å². The van der Waals surface area contributed by atoms with E-state index in [0.717, 1.165) is 50.5 Å². The molecule has 0 bridgehead atoms. The summed E-state index contributed by atoms with van der Waals surface area (Å²) in [6.45, 7) is 9.89. The lowest BCUT2D eigenvalue weighted by atomic mass is 9.99. The summed E-state index contributed by atoms with van der Waals surface area (Å²) < 4.78 is 9.05. The van der Waals surface area contributed by atoms with Gasteiger partial charge in [0, 0.05) is 41.2 Å². The topological polar surface area (TPSA) is 117 Å². The van der Waals surface area contributed by atoms with Crippen molar-refractivity contribution in [3.05, 3.63) is 139 Å². The zero-order valence-electron chi connectivity index (χ0n) is 28.7. The zero-order chi connectivity index (χ0) is 36.2. The van der Waals surface area contributed by atoms with E-state index < -0.39 is 21.5 Å². The van der Waals surface area contributed by atoms with Crippen LogP contribution in [0.4, 0.5) is 0 Å². The van der Waals surface area contributed by atoms with E-state index in [9.17, 15) is 14.4 Å². The van der Waals surface area contributed by atoms with Crippen molar-refractivity contribution < 1.29 is 23.9 Å². The van der Waals surface area contributed by atoms with Crippen LogP contribution in [0.25, 0.3) is 0 Å². The molecule has 0 saturated heterocycles. The van der Waals surface area contributed by atoms with E-state index in [1.54, 1.807) is 0 Å². The number of benzene rings is 2. The molecule has 0 aliphatic rings. The predicted octanol–water partition coefficient (Wildman–Crippen LogP) is 9.17. The number of rotatable bonds is 13. The van der Waals surface area contributed by atoms with Crippen molar-refractivity contribution in [3.63, 3.8) is 0 Å². The van der Waals surface area contributed by atoms with Gasteiger partial charge < -0.3 is 24.4 Å². The zero-order valence-corrected chi connectivity index (χ0v) is 31.0. The largest absolute Gasteiger partial charge is 0.456 e. The highest BCUT2D eigenvalue weighted by molar-refractivity contribution is 6.77. The number of carbonyl (C=O) groups is 3. The average molecular weight is 737 g/mol. The van der Waals surface area contributed by atoms with Crippen molar-refractivity contribution in [3.8, 4) is 0 Å². The maximum Gasteiger partial charge on any atom is 0.355 e. The van der Waals surface area contributed by atoms with Gasteiger partial charge in [-0.25, -0.2) is 9.59 Å². The summed E-state index contributed by atoms with van der Waals surface area (Å²) in [5.74, 6) is -1.58. The maximum absolute atomic E-state index is 13.6. The molecule has 3 N–H and O–H groups in total. The van der Waals surface area contributed by atoms with Crippen molar-refractivity contribution in [2.75, 3.05) is 0 Å². The molecule has 2 aromatic carbocycles. The fourth-order valence-corrected chi connectivity index (χ4v) is 6.76. The Bertz CT molecular complexity index is 2000. The van der Waals surface area contributed by atoms with E-state index in [-0.39, 0.29) is 25.2 Å². The molecule has 0 saturated carbocycles. The Kier molecular flexibility index (Phi) is 11.7. The SMILES string of the molecule is CCc1c(Cc2[nH]c(Cc3[nH]c(C(=O)OCc4ccccc4)c(C)c3CC)c(C(=O)C(Cl)(Cl)Cl)c2C)[nH]c(C(=O)OCc2ccccc2)c1C. The molecule has 0 atom stereocenters. The van der Waals surface area contributed by atoms with Gasteiger partial charge in [0.15, 0.2) is 0 Å². The number of aromatic nitrogens is 3. The van der Waals surface area contributed by atoms with Crippen LogP contribution in [0, 0.1) is 20.8 Å². The highest BCUT2D eigenvalue weighted by atomic mass is 35.6. The van der Waals surface area contributed by atoms with E-state index >= 15 is 0 Å². The summed E-state index contributed by atoms with van der Waals surface area (Å²) in [5.41, 5.74) is 9.73. The lowest BCUT2D eigenvalue weighted by molar-refractivity contribution is 0.0457. The second-order valence-electron chi connectivity index (χ2n) is 12.3.